The zero-order valence-electron chi connectivity index (χ0n) is 11.6. The van der Waals surface area contributed by atoms with Crippen LogP contribution in [0.3, 0.4) is 0 Å². The fourth-order valence-corrected chi connectivity index (χ4v) is 3.44. The van der Waals surface area contributed by atoms with Crippen LogP contribution >= 0.6 is 12.2 Å². The number of aromatic nitrogens is 2. The highest BCUT2D eigenvalue weighted by molar-refractivity contribution is 7.71. The number of nitrogens with zero attached hydrogens (tertiary/aromatic N) is 2. The summed E-state index contributed by atoms with van der Waals surface area (Å²) < 4.78 is 3.13. The maximum atomic E-state index is 5.51. The molecule has 1 fully saturated rings. The number of imidazole rings is 1. The number of benzene rings is 1. The van der Waals surface area contributed by atoms with Crippen LogP contribution in [-0.2, 0) is 6.54 Å². The monoisotopic (exact) mass is 275 g/mol. The molecule has 1 aliphatic heterocycles. The summed E-state index contributed by atoms with van der Waals surface area (Å²) in [7, 11) is 2.23. The van der Waals surface area contributed by atoms with Gasteiger partial charge in [0, 0.05) is 12.6 Å². The Morgan fingerprint density at radius 1 is 1.37 bits per heavy atom. The fraction of sp³-hybridized carbons (Fsp3) is 0.533. The second-order valence-corrected chi connectivity index (χ2v) is 6.03. The molecule has 0 radical (unpaired) electrons. The average molecular weight is 275 g/mol. The minimum Gasteiger partial charge on any atom is -0.331 e. The van der Waals surface area contributed by atoms with Crippen molar-refractivity contribution in [1.29, 1.82) is 0 Å². The first-order valence-corrected chi connectivity index (χ1v) is 7.46. The van der Waals surface area contributed by atoms with Crippen molar-refractivity contribution in [2.45, 2.75) is 38.8 Å². The van der Waals surface area contributed by atoms with E-state index in [0.29, 0.717) is 6.04 Å². The normalized spacial score (nSPS) is 21.1. The third-order valence-electron chi connectivity index (χ3n) is 4.31. The van der Waals surface area contributed by atoms with Gasteiger partial charge < -0.3 is 14.5 Å². The molecule has 0 amide bonds. The van der Waals surface area contributed by atoms with E-state index < -0.39 is 0 Å². The minimum absolute atomic E-state index is 0.610. The number of hydrogen-bond acceptors (Lipinski definition) is 2. The SMILES string of the molecule is Cc1cccc2[nH]c(=S)n(CC3CCCCN3C)c12. The molecule has 1 atom stereocenters. The molecule has 2 heterocycles. The summed E-state index contributed by atoms with van der Waals surface area (Å²) in [5.41, 5.74) is 3.72. The maximum Gasteiger partial charge on any atom is 0.178 e. The lowest BCUT2D eigenvalue weighted by molar-refractivity contribution is 0.168. The molecule has 3 rings (SSSR count). The van der Waals surface area contributed by atoms with Gasteiger partial charge in [-0.25, -0.2) is 0 Å². The van der Waals surface area contributed by atoms with E-state index in [0.717, 1.165) is 16.8 Å². The predicted octanol–water partition coefficient (Wildman–Crippen LogP) is 3.49. The van der Waals surface area contributed by atoms with Crippen molar-refractivity contribution in [2.24, 2.45) is 0 Å². The summed E-state index contributed by atoms with van der Waals surface area (Å²) in [6.07, 6.45) is 3.94. The van der Waals surface area contributed by atoms with Gasteiger partial charge in [-0.05, 0) is 57.2 Å². The van der Waals surface area contributed by atoms with Gasteiger partial charge in [0.25, 0.3) is 0 Å². The van der Waals surface area contributed by atoms with E-state index in [1.54, 1.807) is 0 Å². The lowest BCUT2D eigenvalue weighted by Crippen LogP contribution is -2.39. The summed E-state index contributed by atoms with van der Waals surface area (Å²) in [4.78, 5) is 5.81. The summed E-state index contributed by atoms with van der Waals surface area (Å²) in [6, 6.07) is 6.96. The van der Waals surface area contributed by atoms with Crippen LogP contribution in [0.1, 0.15) is 24.8 Å². The number of piperidine rings is 1. The highest BCUT2D eigenvalue weighted by Crippen LogP contribution is 2.22. The van der Waals surface area contributed by atoms with Gasteiger partial charge >= 0.3 is 0 Å². The topological polar surface area (TPSA) is 24.0 Å². The Morgan fingerprint density at radius 2 is 2.21 bits per heavy atom. The average Bonchev–Trinajstić information content (AvgIpc) is 2.70. The van der Waals surface area contributed by atoms with Crippen molar-refractivity contribution in [2.75, 3.05) is 13.6 Å². The summed E-state index contributed by atoms with van der Waals surface area (Å²) >= 11 is 5.51. The predicted molar refractivity (Wildman–Crippen MR) is 82.1 cm³/mol. The van der Waals surface area contributed by atoms with Gasteiger partial charge in [-0.2, -0.15) is 0 Å². The first-order valence-electron chi connectivity index (χ1n) is 7.05. The lowest BCUT2D eigenvalue weighted by atomic mass is 10.0. The number of H-pyrrole nitrogens is 1. The van der Waals surface area contributed by atoms with E-state index >= 15 is 0 Å². The number of hydrogen-bond donors (Lipinski definition) is 1. The Kier molecular flexibility index (Phi) is 3.46. The number of aromatic amines is 1. The van der Waals surface area contributed by atoms with Crippen molar-refractivity contribution >= 4 is 23.3 Å². The van der Waals surface area contributed by atoms with Crippen LogP contribution in [-0.4, -0.2) is 34.1 Å². The molecule has 1 N–H and O–H groups in total. The van der Waals surface area contributed by atoms with E-state index in [2.05, 4.69) is 46.6 Å². The molecule has 2 aromatic rings. The van der Waals surface area contributed by atoms with Gasteiger partial charge in [0.1, 0.15) is 0 Å². The lowest BCUT2D eigenvalue weighted by Gasteiger charge is -2.32. The van der Waals surface area contributed by atoms with Crippen LogP contribution in [0.4, 0.5) is 0 Å². The van der Waals surface area contributed by atoms with E-state index in [4.69, 9.17) is 12.2 Å². The minimum atomic E-state index is 0.610. The van der Waals surface area contributed by atoms with Crippen LogP contribution in [0.5, 0.6) is 0 Å². The number of rotatable bonds is 2. The third-order valence-corrected chi connectivity index (χ3v) is 4.63. The Bertz CT molecular complexity index is 640. The number of nitrogens with one attached hydrogen (secondary N) is 1. The molecule has 0 bridgehead atoms. The zero-order chi connectivity index (χ0) is 13.4. The van der Waals surface area contributed by atoms with Crippen molar-refractivity contribution in [1.82, 2.24) is 14.5 Å². The first-order chi connectivity index (χ1) is 9.16. The number of likely N-dealkylation sites (N-methyl/N-ethyl adjacent to an activating group) is 1. The van der Waals surface area contributed by atoms with E-state index in [9.17, 15) is 0 Å². The molecule has 1 unspecified atom stereocenters. The Balaban J connectivity index is 2.00. The van der Waals surface area contributed by atoms with Crippen molar-refractivity contribution in [3.8, 4) is 0 Å². The number of fused-ring (bicyclic) bond motifs is 1. The molecule has 1 aromatic heterocycles. The molecule has 0 aliphatic carbocycles. The number of likely N-dealkylation sites (tertiary alicyclic amines) is 1. The fourth-order valence-electron chi connectivity index (χ4n) is 3.16. The van der Waals surface area contributed by atoms with Crippen LogP contribution in [0.2, 0.25) is 0 Å². The third kappa shape index (κ3) is 2.35. The maximum absolute atomic E-state index is 5.51. The first kappa shape index (κ1) is 12.9. The van der Waals surface area contributed by atoms with Crippen molar-refractivity contribution in [3.05, 3.63) is 28.5 Å². The largest absolute Gasteiger partial charge is 0.331 e. The summed E-state index contributed by atoms with van der Waals surface area (Å²) in [5, 5.41) is 0. The summed E-state index contributed by atoms with van der Waals surface area (Å²) in [6.45, 7) is 4.37. The van der Waals surface area contributed by atoms with Gasteiger partial charge in [0.05, 0.1) is 11.0 Å². The molecule has 1 aromatic carbocycles. The van der Waals surface area contributed by atoms with Crippen LogP contribution < -0.4 is 0 Å². The van der Waals surface area contributed by atoms with Crippen molar-refractivity contribution in [3.63, 3.8) is 0 Å². The summed E-state index contributed by atoms with van der Waals surface area (Å²) in [5.74, 6) is 0. The van der Waals surface area contributed by atoms with E-state index in [-0.39, 0.29) is 0 Å². The van der Waals surface area contributed by atoms with Gasteiger partial charge in [0.2, 0.25) is 0 Å². The van der Waals surface area contributed by atoms with Crippen molar-refractivity contribution < 1.29 is 0 Å². The van der Waals surface area contributed by atoms with Gasteiger partial charge in [0.15, 0.2) is 4.77 Å². The molecule has 102 valence electrons. The number of aryl methyl sites for hydroxylation is 1. The molecule has 4 heteroatoms. The van der Waals surface area contributed by atoms with Gasteiger partial charge in [-0.15, -0.1) is 0 Å². The van der Waals surface area contributed by atoms with Crippen LogP contribution in [0, 0.1) is 11.7 Å². The quantitative estimate of drug-likeness (QED) is 0.848. The molecular weight excluding hydrogens is 254 g/mol. The Morgan fingerprint density at radius 3 is 3.00 bits per heavy atom. The standard InChI is InChI=1S/C15H21N3S/c1-11-6-5-8-13-14(11)18(15(19)16-13)10-12-7-3-4-9-17(12)2/h5-6,8,12H,3-4,7,9-10H2,1-2H3,(H,16,19). The Hall–Kier alpha value is -1.13. The van der Waals surface area contributed by atoms with Gasteiger partial charge in [-0.3, -0.25) is 0 Å². The number of para-hydroxylation sites is 1. The second-order valence-electron chi connectivity index (χ2n) is 5.64. The van der Waals surface area contributed by atoms with Crippen LogP contribution in [0.25, 0.3) is 11.0 Å². The molecular formula is C15H21N3S. The molecule has 3 nitrogen and oxygen atoms in total. The zero-order valence-corrected chi connectivity index (χ0v) is 12.5. The molecule has 1 saturated heterocycles. The van der Waals surface area contributed by atoms with E-state index in [1.165, 1.54) is 36.9 Å². The molecule has 0 saturated carbocycles. The van der Waals surface area contributed by atoms with E-state index in [1.807, 2.05) is 0 Å². The molecule has 19 heavy (non-hydrogen) atoms. The highest BCUT2D eigenvalue weighted by Gasteiger charge is 2.20. The molecule has 0 spiro atoms. The van der Waals surface area contributed by atoms with Crippen LogP contribution in [0.15, 0.2) is 18.2 Å². The highest BCUT2D eigenvalue weighted by atomic mass is 32.1. The molecule has 1 aliphatic rings. The Labute approximate surface area is 119 Å². The smallest absolute Gasteiger partial charge is 0.178 e. The second kappa shape index (κ2) is 5.10. The van der Waals surface area contributed by atoms with Gasteiger partial charge in [-0.1, -0.05) is 18.6 Å².